The zero-order valence-corrected chi connectivity index (χ0v) is 17.8. The molecule has 0 saturated heterocycles. The summed E-state index contributed by atoms with van der Waals surface area (Å²) in [5.74, 6) is 0.229. The molecule has 1 fully saturated rings. The summed E-state index contributed by atoms with van der Waals surface area (Å²) in [6, 6.07) is 18.5. The highest BCUT2D eigenvalue weighted by Gasteiger charge is 2.30. The lowest BCUT2D eigenvalue weighted by Gasteiger charge is -2.22. The molecule has 0 spiro atoms. The average molecular weight is 431 g/mol. The SMILES string of the molecule is COc1cccc(C(=O)N[C@@H]2CCC[C@@H]2NC(=O)c2ccc(-n3ccccc3=O)cc2)c1. The number of nitrogens with zero attached hydrogens (tertiary/aromatic N) is 1. The Kier molecular flexibility index (Phi) is 6.35. The molecule has 1 aliphatic rings. The second kappa shape index (κ2) is 9.51. The van der Waals surface area contributed by atoms with E-state index in [0.29, 0.717) is 22.6 Å². The van der Waals surface area contributed by atoms with Gasteiger partial charge in [-0.25, -0.2) is 0 Å². The van der Waals surface area contributed by atoms with Crippen molar-refractivity contribution < 1.29 is 14.3 Å². The predicted molar refractivity (Wildman–Crippen MR) is 121 cm³/mol. The number of hydrogen-bond donors (Lipinski definition) is 2. The number of carbonyl (C=O) groups excluding carboxylic acids is 2. The summed E-state index contributed by atoms with van der Waals surface area (Å²) in [4.78, 5) is 37.4. The molecule has 0 unspecified atom stereocenters. The Morgan fingerprint density at radius 1 is 0.875 bits per heavy atom. The first-order valence-corrected chi connectivity index (χ1v) is 10.6. The molecular weight excluding hydrogens is 406 g/mol. The van der Waals surface area contributed by atoms with E-state index in [-0.39, 0.29) is 29.5 Å². The third-order valence-electron chi connectivity index (χ3n) is 5.71. The summed E-state index contributed by atoms with van der Waals surface area (Å²) in [6.07, 6.45) is 4.21. The second-order valence-corrected chi connectivity index (χ2v) is 7.78. The fourth-order valence-electron chi connectivity index (χ4n) is 3.99. The van der Waals surface area contributed by atoms with Crippen molar-refractivity contribution in [2.45, 2.75) is 31.3 Å². The largest absolute Gasteiger partial charge is 0.497 e. The van der Waals surface area contributed by atoms with Gasteiger partial charge in [-0.05, 0) is 67.8 Å². The number of pyridine rings is 1. The molecule has 2 N–H and O–H groups in total. The van der Waals surface area contributed by atoms with E-state index in [4.69, 9.17) is 4.74 Å². The molecule has 2 aromatic carbocycles. The van der Waals surface area contributed by atoms with E-state index < -0.39 is 0 Å². The molecule has 0 radical (unpaired) electrons. The summed E-state index contributed by atoms with van der Waals surface area (Å²) >= 11 is 0. The summed E-state index contributed by atoms with van der Waals surface area (Å²) in [7, 11) is 1.56. The molecule has 164 valence electrons. The highest BCUT2D eigenvalue weighted by Crippen LogP contribution is 2.21. The smallest absolute Gasteiger partial charge is 0.255 e. The number of methoxy groups -OCH3 is 1. The minimum atomic E-state index is -0.204. The van der Waals surface area contributed by atoms with Crippen molar-refractivity contribution in [3.63, 3.8) is 0 Å². The van der Waals surface area contributed by atoms with Crippen molar-refractivity contribution in [1.82, 2.24) is 15.2 Å². The van der Waals surface area contributed by atoms with Gasteiger partial charge in [-0.15, -0.1) is 0 Å². The third-order valence-corrected chi connectivity index (χ3v) is 5.71. The molecule has 1 aliphatic carbocycles. The van der Waals surface area contributed by atoms with Gasteiger partial charge in [0, 0.05) is 41.2 Å². The van der Waals surface area contributed by atoms with Gasteiger partial charge in [-0.2, -0.15) is 0 Å². The number of amides is 2. The van der Waals surface area contributed by atoms with Gasteiger partial charge in [-0.1, -0.05) is 12.1 Å². The molecule has 0 aliphatic heterocycles. The number of nitrogens with one attached hydrogen (secondary N) is 2. The van der Waals surface area contributed by atoms with E-state index in [9.17, 15) is 14.4 Å². The van der Waals surface area contributed by atoms with Gasteiger partial charge in [0.1, 0.15) is 5.75 Å². The predicted octanol–water partition coefficient (Wildman–Crippen LogP) is 2.93. The van der Waals surface area contributed by atoms with Gasteiger partial charge < -0.3 is 15.4 Å². The quantitative estimate of drug-likeness (QED) is 0.628. The van der Waals surface area contributed by atoms with Crippen LogP contribution in [0.4, 0.5) is 0 Å². The Balaban J connectivity index is 1.40. The van der Waals surface area contributed by atoms with Gasteiger partial charge in [0.25, 0.3) is 17.4 Å². The highest BCUT2D eigenvalue weighted by atomic mass is 16.5. The van der Waals surface area contributed by atoms with Crippen LogP contribution in [0.15, 0.2) is 77.7 Å². The van der Waals surface area contributed by atoms with Crippen LogP contribution in [0.3, 0.4) is 0 Å². The summed E-state index contributed by atoms with van der Waals surface area (Å²) in [6.45, 7) is 0. The maximum Gasteiger partial charge on any atom is 0.255 e. The van der Waals surface area contributed by atoms with Gasteiger partial charge in [0.2, 0.25) is 0 Å². The molecule has 4 rings (SSSR count). The van der Waals surface area contributed by atoms with Crippen LogP contribution in [-0.4, -0.2) is 35.6 Å². The van der Waals surface area contributed by atoms with Crippen LogP contribution in [0.5, 0.6) is 5.75 Å². The maximum absolute atomic E-state index is 12.8. The summed E-state index contributed by atoms with van der Waals surface area (Å²) < 4.78 is 6.70. The Labute approximate surface area is 186 Å². The zero-order valence-electron chi connectivity index (χ0n) is 17.8. The second-order valence-electron chi connectivity index (χ2n) is 7.78. The van der Waals surface area contributed by atoms with E-state index in [1.807, 2.05) is 0 Å². The van der Waals surface area contributed by atoms with Crippen LogP contribution in [0.25, 0.3) is 5.69 Å². The van der Waals surface area contributed by atoms with Crippen LogP contribution < -0.4 is 20.9 Å². The fourth-order valence-corrected chi connectivity index (χ4v) is 3.99. The summed E-state index contributed by atoms with van der Waals surface area (Å²) in [5, 5.41) is 6.09. The number of hydrogen-bond acceptors (Lipinski definition) is 4. The van der Waals surface area contributed by atoms with Crippen molar-refractivity contribution >= 4 is 11.8 Å². The number of aromatic nitrogens is 1. The minimum absolute atomic E-state index is 0.134. The monoisotopic (exact) mass is 431 g/mol. The lowest BCUT2D eigenvalue weighted by atomic mass is 10.1. The molecule has 1 aromatic heterocycles. The highest BCUT2D eigenvalue weighted by molar-refractivity contribution is 5.96. The van der Waals surface area contributed by atoms with Gasteiger partial charge in [0.15, 0.2) is 0 Å². The van der Waals surface area contributed by atoms with E-state index in [2.05, 4.69) is 10.6 Å². The lowest BCUT2D eigenvalue weighted by molar-refractivity contribution is 0.0891. The first kappa shape index (κ1) is 21.4. The topological polar surface area (TPSA) is 89.4 Å². The minimum Gasteiger partial charge on any atom is -0.497 e. The first-order valence-electron chi connectivity index (χ1n) is 10.6. The average Bonchev–Trinajstić information content (AvgIpc) is 3.25. The molecule has 3 aromatic rings. The molecule has 7 heteroatoms. The lowest BCUT2D eigenvalue weighted by Crippen LogP contribution is -2.48. The van der Waals surface area contributed by atoms with Crippen LogP contribution in [0.1, 0.15) is 40.0 Å². The Bertz CT molecular complexity index is 1170. The van der Waals surface area contributed by atoms with Crippen molar-refractivity contribution in [3.05, 3.63) is 94.4 Å². The van der Waals surface area contributed by atoms with Crippen molar-refractivity contribution in [2.24, 2.45) is 0 Å². The van der Waals surface area contributed by atoms with E-state index in [0.717, 1.165) is 19.3 Å². The molecule has 7 nitrogen and oxygen atoms in total. The van der Waals surface area contributed by atoms with Gasteiger partial charge >= 0.3 is 0 Å². The van der Waals surface area contributed by atoms with Crippen molar-refractivity contribution in [1.29, 1.82) is 0 Å². The third kappa shape index (κ3) is 4.72. The molecule has 2 amide bonds. The molecular formula is C25H25N3O4. The molecule has 32 heavy (non-hydrogen) atoms. The number of carbonyl (C=O) groups is 2. The molecule has 2 atom stereocenters. The number of ether oxygens (including phenoxy) is 1. The van der Waals surface area contributed by atoms with Crippen molar-refractivity contribution in [2.75, 3.05) is 7.11 Å². The van der Waals surface area contributed by atoms with E-state index >= 15 is 0 Å². The number of rotatable bonds is 6. The Morgan fingerprint density at radius 2 is 1.56 bits per heavy atom. The molecule has 0 bridgehead atoms. The van der Waals surface area contributed by atoms with Crippen LogP contribution in [0, 0.1) is 0 Å². The Morgan fingerprint density at radius 3 is 2.22 bits per heavy atom. The number of benzene rings is 2. The molecule has 1 heterocycles. The van der Waals surface area contributed by atoms with Crippen molar-refractivity contribution in [3.8, 4) is 11.4 Å². The molecule has 1 saturated carbocycles. The summed E-state index contributed by atoms with van der Waals surface area (Å²) in [5.41, 5.74) is 1.58. The van der Waals surface area contributed by atoms with Crippen LogP contribution in [0.2, 0.25) is 0 Å². The Hall–Kier alpha value is -3.87. The van der Waals surface area contributed by atoms with E-state index in [1.165, 1.54) is 10.6 Å². The maximum atomic E-state index is 12.8. The first-order chi connectivity index (χ1) is 15.5. The van der Waals surface area contributed by atoms with E-state index in [1.54, 1.807) is 74.0 Å². The van der Waals surface area contributed by atoms with Crippen LogP contribution >= 0.6 is 0 Å². The standard InChI is InChI=1S/C25H25N3O4/c1-32-20-7-4-6-18(16-20)25(31)27-22-9-5-8-21(22)26-24(30)17-11-13-19(14-12-17)28-15-3-2-10-23(28)29/h2-4,6-7,10-16,21-22H,5,8-9H2,1H3,(H,26,30)(H,27,31)/t21-,22+/m0/s1. The van der Waals surface area contributed by atoms with Crippen LogP contribution in [-0.2, 0) is 0 Å². The van der Waals surface area contributed by atoms with Gasteiger partial charge in [-0.3, -0.25) is 19.0 Å². The fraction of sp³-hybridized carbons (Fsp3) is 0.240. The zero-order chi connectivity index (χ0) is 22.5. The normalized spacial score (nSPS) is 17.5. The van der Waals surface area contributed by atoms with Gasteiger partial charge in [0.05, 0.1) is 7.11 Å².